The van der Waals surface area contributed by atoms with Gasteiger partial charge >= 0.3 is 0 Å². The zero-order chi connectivity index (χ0) is 28.7. The maximum absolute atomic E-state index is 9.22. The first-order chi connectivity index (χ1) is 19.2. The van der Waals surface area contributed by atoms with E-state index in [0.29, 0.717) is 28.5 Å². The van der Waals surface area contributed by atoms with E-state index in [-0.39, 0.29) is 17.2 Å². The Kier molecular flexibility index (Phi) is 8.20. The van der Waals surface area contributed by atoms with Gasteiger partial charge in [-0.25, -0.2) is 15.0 Å². The fraction of sp³-hybridized carbons (Fsp3) is 0.172. The summed E-state index contributed by atoms with van der Waals surface area (Å²) in [6.45, 7) is 5.66. The van der Waals surface area contributed by atoms with Crippen molar-refractivity contribution in [3.8, 4) is 28.7 Å². The number of nitrogens with two attached hydrogens (primary N) is 2. The summed E-state index contributed by atoms with van der Waals surface area (Å²) in [6.07, 6.45) is 8.80. The Morgan fingerprint density at radius 1 is 1.05 bits per heavy atom. The summed E-state index contributed by atoms with van der Waals surface area (Å²) >= 11 is 0. The number of anilines is 1. The molecule has 0 aliphatic carbocycles. The molecule has 0 fully saturated rings. The highest BCUT2D eigenvalue weighted by molar-refractivity contribution is 6.38. The molecule has 0 spiro atoms. The number of nitrogen functional groups attached to an aromatic ring is 1. The van der Waals surface area contributed by atoms with Crippen molar-refractivity contribution in [2.24, 2.45) is 28.0 Å². The summed E-state index contributed by atoms with van der Waals surface area (Å²) in [5, 5.41) is 17.6. The van der Waals surface area contributed by atoms with Gasteiger partial charge in [0.15, 0.2) is 5.82 Å². The summed E-state index contributed by atoms with van der Waals surface area (Å²) in [6, 6.07) is 16.7. The first-order valence-corrected chi connectivity index (χ1v) is 12.4. The van der Waals surface area contributed by atoms with E-state index in [0.717, 1.165) is 11.3 Å². The molecule has 0 bridgehead atoms. The van der Waals surface area contributed by atoms with Crippen LogP contribution in [0.3, 0.4) is 0 Å². The molecule has 0 radical (unpaired) electrons. The number of aliphatic imine (C=N–C) groups is 2. The predicted molar refractivity (Wildman–Crippen MR) is 158 cm³/mol. The van der Waals surface area contributed by atoms with Crippen molar-refractivity contribution < 1.29 is 0 Å². The molecule has 0 atom stereocenters. The topological polar surface area (TPSA) is 169 Å². The van der Waals surface area contributed by atoms with Crippen LogP contribution in [-0.4, -0.2) is 42.9 Å². The van der Waals surface area contributed by atoms with Crippen molar-refractivity contribution in [2.75, 3.05) is 5.73 Å². The van der Waals surface area contributed by atoms with Crippen LogP contribution in [-0.2, 0) is 12.6 Å². The highest BCUT2D eigenvalue weighted by Gasteiger charge is 2.23. The Morgan fingerprint density at radius 2 is 1.82 bits per heavy atom. The number of hydrazone groups is 1. The molecule has 4 N–H and O–H groups in total. The summed E-state index contributed by atoms with van der Waals surface area (Å²) < 4.78 is 1.68. The lowest BCUT2D eigenvalue weighted by Gasteiger charge is -2.19. The van der Waals surface area contributed by atoms with E-state index in [1.807, 2.05) is 82.6 Å². The molecule has 0 saturated carbocycles. The second-order valence-corrected chi connectivity index (χ2v) is 9.23. The molecule has 0 unspecified atom stereocenters. The molecule has 40 heavy (non-hydrogen) atoms. The second kappa shape index (κ2) is 11.9. The Labute approximate surface area is 232 Å². The zero-order valence-corrected chi connectivity index (χ0v) is 22.7. The molecule has 0 aliphatic rings. The van der Waals surface area contributed by atoms with Crippen LogP contribution < -0.4 is 11.6 Å². The van der Waals surface area contributed by atoms with E-state index in [2.05, 4.69) is 30.2 Å². The number of hydrogen-bond donors (Lipinski definition) is 2. The van der Waals surface area contributed by atoms with Crippen molar-refractivity contribution in [3.05, 3.63) is 84.0 Å². The Hall–Kier alpha value is -5.50. The molecule has 3 heterocycles. The van der Waals surface area contributed by atoms with Crippen LogP contribution in [0.15, 0.2) is 82.0 Å². The molecule has 200 valence electrons. The van der Waals surface area contributed by atoms with Gasteiger partial charge in [0.1, 0.15) is 34.6 Å². The molecular formula is C29H29N11. The molecule has 4 aromatic rings. The number of rotatable bonds is 8. The van der Waals surface area contributed by atoms with E-state index in [4.69, 9.17) is 16.6 Å². The number of allylic oxidation sites excluding steroid dienone is 2. The van der Waals surface area contributed by atoms with Crippen molar-refractivity contribution in [1.29, 1.82) is 5.26 Å². The predicted octanol–water partition coefficient (Wildman–Crippen LogP) is 4.34. The summed E-state index contributed by atoms with van der Waals surface area (Å²) in [4.78, 5) is 23.0. The minimum Gasteiger partial charge on any atom is -0.382 e. The van der Waals surface area contributed by atoms with Gasteiger partial charge < -0.3 is 11.6 Å². The molecule has 3 aromatic heterocycles. The average molecular weight is 532 g/mol. The van der Waals surface area contributed by atoms with Gasteiger partial charge in [0.2, 0.25) is 0 Å². The molecule has 4 rings (SSSR count). The highest BCUT2D eigenvalue weighted by atomic mass is 15.3. The Morgan fingerprint density at radius 3 is 2.48 bits per heavy atom. The van der Waals surface area contributed by atoms with E-state index >= 15 is 0 Å². The molecule has 0 saturated heterocycles. The maximum Gasteiger partial charge on any atom is 0.152 e. The zero-order valence-electron chi connectivity index (χ0n) is 22.7. The normalized spacial score (nSPS) is 12.5. The first kappa shape index (κ1) is 27.5. The van der Waals surface area contributed by atoms with Gasteiger partial charge in [-0.05, 0) is 57.2 Å². The van der Waals surface area contributed by atoms with Crippen molar-refractivity contribution in [3.63, 3.8) is 0 Å². The van der Waals surface area contributed by atoms with E-state index in [1.165, 1.54) is 6.21 Å². The number of aryl methyl sites for hydroxylation is 1. The number of aromatic nitrogens is 5. The van der Waals surface area contributed by atoms with Crippen molar-refractivity contribution >= 4 is 29.6 Å². The SMILES string of the molecule is C/C=C\C=Nc1ccc(-c2nc(/C(C=NC(C)(C)c3cccc(C#N)n3)=N/N)c(N)nc2-c2ccn(C)n2)cc1. The van der Waals surface area contributed by atoms with E-state index in [1.54, 1.807) is 29.1 Å². The second-order valence-electron chi connectivity index (χ2n) is 9.23. The van der Waals surface area contributed by atoms with Crippen LogP contribution in [0.2, 0.25) is 0 Å². The lowest BCUT2D eigenvalue weighted by atomic mass is 10.0. The van der Waals surface area contributed by atoms with Crippen LogP contribution in [0.5, 0.6) is 0 Å². The summed E-state index contributed by atoms with van der Waals surface area (Å²) in [7, 11) is 1.82. The molecular weight excluding hydrogens is 502 g/mol. The summed E-state index contributed by atoms with van der Waals surface area (Å²) in [5.74, 6) is 5.90. The Bertz CT molecular complexity index is 1670. The lowest BCUT2D eigenvalue weighted by Crippen LogP contribution is -2.20. The number of nitriles is 1. The highest BCUT2D eigenvalue weighted by Crippen LogP contribution is 2.31. The largest absolute Gasteiger partial charge is 0.382 e. The quantitative estimate of drug-likeness (QED) is 0.193. The van der Waals surface area contributed by atoms with Gasteiger partial charge in [0.25, 0.3) is 0 Å². The van der Waals surface area contributed by atoms with Gasteiger partial charge in [-0.15, -0.1) is 0 Å². The van der Waals surface area contributed by atoms with Crippen LogP contribution in [0.4, 0.5) is 11.5 Å². The van der Waals surface area contributed by atoms with Crippen LogP contribution in [0, 0.1) is 11.3 Å². The third kappa shape index (κ3) is 6.14. The summed E-state index contributed by atoms with van der Waals surface area (Å²) in [5.41, 5.74) is 10.3. The molecule has 11 nitrogen and oxygen atoms in total. The van der Waals surface area contributed by atoms with Crippen molar-refractivity contribution in [1.82, 2.24) is 24.7 Å². The van der Waals surface area contributed by atoms with Gasteiger partial charge in [-0.2, -0.15) is 15.5 Å². The third-order valence-corrected chi connectivity index (χ3v) is 5.90. The van der Waals surface area contributed by atoms with Gasteiger partial charge in [-0.1, -0.05) is 24.3 Å². The minimum absolute atomic E-state index is 0.120. The minimum atomic E-state index is -0.787. The van der Waals surface area contributed by atoms with Crippen LogP contribution in [0.25, 0.3) is 22.6 Å². The van der Waals surface area contributed by atoms with Crippen LogP contribution >= 0.6 is 0 Å². The number of nitrogens with zero attached hydrogens (tertiary/aromatic N) is 9. The van der Waals surface area contributed by atoms with Crippen LogP contribution in [0.1, 0.15) is 37.9 Å². The standard InChI is InChI=1S/C29H29N11/c1-5-6-15-33-20-12-10-19(11-13-20)25-26(22-14-16-40(4)39-22)37-28(31)27(36-25)23(38-32)18-34-29(2,3)24-9-7-8-21(17-30)35-24/h5-16,18H,32H2,1-4H3,(H2,31,37)/b6-5-,33-15?,34-18?,38-23+. The fourth-order valence-electron chi connectivity index (χ4n) is 3.76. The Balaban J connectivity index is 1.78. The first-order valence-electron chi connectivity index (χ1n) is 12.4. The number of pyridine rings is 1. The third-order valence-electron chi connectivity index (χ3n) is 5.90. The monoisotopic (exact) mass is 531 g/mol. The molecule has 11 heteroatoms. The smallest absolute Gasteiger partial charge is 0.152 e. The number of benzene rings is 1. The van der Waals surface area contributed by atoms with Gasteiger partial charge in [0.05, 0.1) is 28.8 Å². The maximum atomic E-state index is 9.22. The van der Waals surface area contributed by atoms with Gasteiger partial charge in [-0.3, -0.25) is 14.7 Å². The average Bonchev–Trinajstić information content (AvgIpc) is 3.40. The van der Waals surface area contributed by atoms with E-state index < -0.39 is 5.54 Å². The molecule has 1 aromatic carbocycles. The fourth-order valence-corrected chi connectivity index (χ4v) is 3.76. The lowest BCUT2D eigenvalue weighted by molar-refractivity contribution is 0.541. The van der Waals surface area contributed by atoms with Gasteiger partial charge in [0, 0.05) is 25.0 Å². The molecule has 0 aliphatic heterocycles. The number of hydrogen-bond acceptors (Lipinski definition) is 10. The molecule has 0 amide bonds. The van der Waals surface area contributed by atoms with E-state index in [9.17, 15) is 5.26 Å². The van der Waals surface area contributed by atoms with Crippen molar-refractivity contribution in [2.45, 2.75) is 26.3 Å².